The third-order valence-electron chi connectivity index (χ3n) is 5.19. The molecule has 0 bridgehead atoms. The van der Waals surface area contributed by atoms with Gasteiger partial charge in [0, 0.05) is 5.41 Å². The van der Waals surface area contributed by atoms with Gasteiger partial charge in [0.25, 0.3) is 0 Å². The van der Waals surface area contributed by atoms with Crippen molar-refractivity contribution in [1.29, 1.82) is 0 Å². The van der Waals surface area contributed by atoms with Gasteiger partial charge in [0.2, 0.25) is 17.7 Å². The summed E-state index contributed by atoms with van der Waals surface area (Å²) >= 11 is 0. The predicted octanol–water partition coefficient (Wildman–Crippen LogP) is 0.184. The summed E-state index contributed by atoms with van der Waals surface area (Å²) in [6.07, 6.45) is 4.16. The highest BCUT2D eigenvalue weighted by Gasteiger charge is 2.30. The summed E-state index contributed by atoms with van der Waals surface area (Å²) < 4.78 is 49.0. The highest BCUT2D eigenvalue weighted by molar-refractivity contribution is 5.87. The number of amides is 3. The maximum atomic E-state index is 11.1. The topological polar surface area (TPSA) is 170 Å². The molecule has 3 amide bonds. The van der Waals surface area contributed by atoms with Crippen molar-refractivity contribution in [2.45, 2.75) is 13.3 Å². The second kappa shape index (κ2) is 28.4. The smallest absolute Gasteiger partial charge is 0.245 e. The van der Waals surface area contributed by atoms with Gasteiger partial charge in [-0.15, -0.1) is 0 Å². The van der Waals surface area contributed by atoms with Crippen molar-refractivity contribution in [3.05, 3.63) is 38.0 Å². The van der Waals surface area contributed by atoms with Crippen molar-refractivity contribution in [1.82, 2.24) is 16.0 Å². The van der Waals surface area contributed by atoms with Gasteiger partial charge in [-0.2, -0.15) is 0 Å². The van der Waals surface area contributed by atoms with Crippen LogP contribution < -0.4 is 16.0 Å². The lowest BCUT2D eigenvalue weighted by Gasteiger charge is -2.32. The molecule has 0 aromatic heterocycles. The molecule has 242 valence electrons. The van der Waals surface area contributed by atoms with E-state index in [1.165, 1.54) is 0 Å². The van der Waals surface area contributed by atoms with E-state index in [0.717, 1.165) is 18.2 Å². The average Bonchev–Trinajstić information content (AvgIpc) is 3.01. The molecular formula is C27H47N3O12. The Morgan fingerprint density at radius 3 is 1.07 bits per heavy atom. The first-order valence-electron chi connectivity index (χ1n) is 13.3. The number of carbonyl (C=O) groups excluding carboxylic acids is 3. The molecule has 0 rings (SSSR count). The second-order valence-corrected chi connectivity index (χ2v) is 8.37. The van der Waals surface area contributed by atoms with Crippen LogP contribution in [0.15, 0.2) is 38.0 Å². The van der Waals surface area contributed by atoms with Crippen molar-refractivity contribution < 1.29 is 57.0 Å². The number of ether oxygens (including phenoxy) is 9. The second-order valence-electron chi connectivity index (χ2n) is 8.37. The van der Waals surface area contributed by atoms with Crippen molar-refractivity contribution in [3.8, 4) is 0 Å². The molecule has 0 aromatic rings. The quantitative estimate of drug-likeness (QED) is 0.0558. The Bertz CT molecular complexity index is 661. The molecule has 3 N–H and O–H groups in total. The minimum Gasteiger partial charge on any atom is -0.378 e. The fourth-order valence-corrected chi connectivity index (χ4v) is 2.71. The molecule has 0 aliphatic carbocycles. The lowest BCUT2D eigenvalue weighted by Crippen LogP contribution is -2.38. The Balaban J connectivity index is 4.35. The molecule has 0 fully saturated rings. The van der Waals surface area contributed by atoms with Gasteiger partial charge in [-0.05, 0) is 24.6 Å². The Labute approximate surface area is 247 Å². The molecule has 0 saturated heterocycles. The molecule has 0 spiro atoms. The van der Waals surface area contributed by atoms with E-state index in [0.29, 0.717) is 65.9 Å². The fourth-order valence-electron chi connectivity index (χ4n) is 2.71. The first-order valence-corrected chi connectivity index (χ1v) is 13.3. The highest BCUT2D eigenvalue weighted by atomic mass is 16.7. The zero-order chi connectivity index (χ0) is 31.2. The minimum absolute atomic E-state index is 0.000602. The van der Waals surface area contributed by atoms with Crippen LogP contribution in [0.25, 0.3) is 0 Å². The van der Waals surface area contributed by atoms with Gasteiger partial charge in [0.1, 0.15) is 40.6 Å². The zero-order valence-electron chi connectivity index (χ0n) is 24.6. The lowest BCUT2D eigenvalue weighted by atomic mass is 9.88. The molecule has 0 saturated carbocycles. The summed E-state index contributed by atoms with van der Waals surface area (Å²) in [5.41, 5.74) is -0.442. The largest absolute Gasteiger partial charge is 0.378 e. The van der Waals surface area contributed by atoms with Gasteiger partial charge in [-0.25, -0.2) is 0 Å². The third kappa shape index (κ3) is 23.9. The van der Waals surface area contributed by atoms with Crippen LogP contribution in [0.3, 0.4) is 0 Å². The van der Waals surface area contributed by atoms with Gasteiger partial charge in [0.05, 0.1) is 59.5 Å². The molecular weight excluding hydrogens is 558 g/mol. The Morgan fingerprint density at radius 1 is 0.524 bits per heavy atom. The maximum absolute atomic E-state index is 11.1. The lowest BCUT2D eigenvalue weighted by molar-refractivity contribution is -0.124. The number of nitrogens with one attached hydrogen (secondary N) is 3. The molecule has 0 aliphatic heterocycles. The fraction of sp³-hybridized carbons (Fsp3) is 0.667. The Morgan fingerprint density at radius 2 is 0.810 bits per heavy atom. The van der Waals surface area contributed by atoms with E-state index in [9.17, 15) is 14.4 Å². The molecule has 15 nitrogen and oxygen atoms in total. The monoisotopic (exact) mass is 605 g/mol. The van der Waals surface area contributed by atoms with Gasteiger partial charge in [-0.1, -0.05) is 26.7 Å². The van der Waals surface area contributed by atoms with Gasteiger partial charge >= 0.3 is 0 Å². The van der Waals surface area contributed by atoms with Crippen molar-refractivity contribution >= 4 is 17.7 Å². The molecule has 0 atom stereocenters. The Hall–Kier alpha value is -2.73. The first kappa shape index (κ1) is 39.3. The van der Waals surface area contributed by atoms with Crippen LogP contribution in [0, 0.1) is 5.41 Å². The van der Waals surface area contributed by atoms with Crippen molar-refractivity contribution in [2.24, 2.45) is 5.41 Å². The van der Waals surface area contributed by atoms with E-state index in [1.54, 1.807) is 0 Å². The molecule has 0 aliphatic rings. The van der Waals surface area contributed by atoms with Crippen LogP contribution in [0.5, 0.6) is 0 Å². The van der Waals surface area contributed by atoms with Gasteiger partial charge in [0.15, 0.2) is 0 Å². The summed E-state index contributed by atoms with van der Waals surface area (Å²) in [6.45, 7) is 15.0. The number of hydrogen-bond acceptors (Lipinski definition) is 12. The van der Waals surface area contributed by atoms with Crippen molar-refractivity contribution in [3.63, 3.8) is 0 Å². The van der Waals surface area contributed by atoms with E-state index in [2.05, 4.69) is 35.7 Å². The van der Waals surface area contributed by atoms with E-state index in [1.807, 2.05) is 6.92 Å². The van der Waals surface area contributed by atoms with Crippen LogP contribution >= 0.6 is 0 Å². The minimum atomic E-state index is -0.442. The van der Waals surface area contributed by atoms with Gasteiger partial charge in [-0.3, -0.25) is 14.4 Å². The standard InChI is InChI=1S/C27H47N3O12/c1-5-24(31)28-18-40-21-37-12-9-34-15-27(8-4,16-35-10-13-38-22-41-19-29-25(32)6-2)17-36-11-14-39-23-42-20-30-26(33)7-3/h5-7H,1-3,8-23H2,4H3,(H,28,31)(H,29,32)(H,30,33). The summed E-state index contributed by atoms with van der Waals surface area (Å²) in [5, 5.41) is 7.41. The van der Waals surface area contributed by atoms with Gasteiger partial charge < -0.3 is 58.6 Å². The van der Waals surface area contributed by atoms with Crippen LogP contribution in [0.4, 0.5) is 0 Å². The molecule has 0 aromatic carbocycles. The molecule has 15 heteroatoms. The van der Waals surface area contributed by atoms with E-state index >= 15 is 0 Å². The molecule has 0 radical (unpaired) electrons. The molecule has 0 heterocycles. The van der Waals surface area contributed by atoms with E-state index in [4.69, 9.17) is 42.6 Å². The maximum Gasteiger partial charge on any atom is 0.245 e. The van der Waals surface area contributed by atoms with E-state index in [-0.39, 0.29) is 58.3 Å². The SMILES string of the molecule is C=CC(=O)NCOCOCCOCC(CC)(COCCOCOCNC(=O)C=C)COCCOCOCNC(=O)C=C. The van der Waals surface area contributed by atoms with Crippen LogP contribution in [0.2, 0.25) is 0 Å². The summed E-state index contributed by atoms with van der Waals surface area (Å²) in [4.78, 5) is 33.2. The number of carbonyl (C=O) groups is 3. The zero-order valence-corrected chi connectivity index (χ0v) is 24.6. The molecule has 0 unspecified atom stereocenters. The number of hydrogen-bond donors (Lipinski definition) is 3. The molecule has 42 heavy (non-hydrogen) atoms. The van der Waals surface area contributed by atoms with Crippen LogP contribution in [0.1, 0.15) is 13.3 Å². The van der Waals surface area contributed by atoms with Crippen molar-refractivity contribution in [2.75, 3.05) is 100 Å². The summed E-state index contributed by atoms with van der Waals surface area (Å²) in [6, 6.07) is 0. The Kier molecular flexibility index (Phi) is 26.5. The van der Waals surface area contributed by atoms with Crippen LogP contribution in [-0.2, 0) is 57.0 Å². The van der Waals surface area contributed by atoms with Crippen LogP contribution in [-0.4, -0.2) is 118 Å². The summed E-state index contributed by atoms with van der Waals surface area (Å²) in [5.74, 6) is -0.995. The number of rotatable bonds is 31. The highest BCUT2D eigenvalue weighted by Crippen LogP contribution is 2.24. The first-order chi connectivity index (χ1) is 20.4. The summed E-state index contributed by atoms with van der Waals surface area (Å²) in [7, 11) is 0. The van der Waals surface area contributed by atoms with E-state index < -0.39 is 5.41 Å². The average molecular weight is 606 g/mol. The third-order valence-corrected chi connectivity index (χ3v) is 5.19. The predicted molar refractivity (Wildman–Crippen MR) is 151 cm³/mol. The normalized spacial score (nSPS) is 11.1.